The van der Waals surface area contributed by atoms with E-state index in [1.807, 2.05) is 34.1 Å². The first kappa shape index (κ1) is 29.0. The van der Waals surface area contributed by atoms with Crippen molar-refractivity contribution in [1.29, 1.82) is 0 Å². The smallest absolute Gasteiger partial charge is 0.294 e. The molecule has 0 unspecified atom stereocenters. The summed E-state index contributed by atoms with van der Waals surface area (Å²) < 4.78 is 3.10. The van der Waals surface area contributed by atoms with Crippen LogP contribution in [0.5, 0.6) is 0 Å². The Morgan fingerprint density at radius 2 is 1.44 bits per heavy atom. The Kier molecular flexibility index (Phi) is 9.49. The standard InChI is InChI=1S/C14H16BrN5O.C13H14BrN5O/c1-19-9-17-13(18-19)14(21)20(11-3-2-4-11)8-10-5-6-16-12(15)7-10;14-11-6-9(4-5-15-11)7-19(10-2-1-3-10)13(20)12-16-8-17-18-12/h5-7,9,11H,2-4,8H2,1H3;4-6,8,10H,1-3,7H2,(H,16,17,18). The van der Waals surface area contributed by atoms with Gasteiger partial charge in [0.2, 0.25) is 11.6 Å². The quantitative estimate of drug-likeness (QED) is 0.271. The zero-order chi connectivity index (χ0) is 28.8. The van der Waals surface area contributed by atoms with E-state index in [1.165, 1.54) is 19.2 Å². The largest absolute Gasteiger partial charge is 0.329 e. The Morgan fingerprint density at radius 1 is 0.878 bits per heavy atom. The number of amides is 2. The Hall–Kier alpha value is -3.52. The van der Waals surface area contributed by atoms with Gasteiger partial charge in [-0.3, -0.25) is 19.4 Å². The number of pyridine rings is 2. The lowest BCUT2D eigenvalue weighted by Gasteiger charge is -2.37. The monoisotopic (exact) mass is 684 g/mol. The van der Waals surface area contributed by atoms with Crippen LogP contribution in [-0.4, -0.2) is 73.6 Å². The Bertz CT molecular complexity index is 1470. The molecular formula is C27H30Br2N10O2. The first-order chi connectivity index (χ1) is 19.9. The Balaban J connectivity index is 0.000000165. The fourth-order valence-corrected chi connectivity index (χ4v) is 5.44. The molecule has 0 saturated heterocycles. The predicted molar refractivity (Wildman–Crippen MR) is 156 cm³/mol. The van der Waals surface area contributed by atoms with Crippen LogP contribution in [-0.2, 0) is 20.1 Å². The molecule has 12 nitrogen and oxygen atoms in total. The maximum Gasteiger partial charge on any atom is 0.294 e. The van der Waals surface area contributed by atoms with E-state index in [4.69, 9.17) is 0 Å². The number of nitrogens with one attached hydrogen (secondary N) is 1. The van der Waals surface area contributed by atoms with Crippen molar-refractivity contribution in [3.63, 3.8) is 0 Å². The summed E-state index contributed by atoms with van der Waals surface area (Å²) in [5, 5.41) is 10.5. The molecule has 2 amide bonds. The zero-order valence-corrected chi connectivity index (χ0v) is 25.7. The number of hydrogen-bond acceptors (Lipinski definition) is 8. The second-order valence-electron chi connectivity index (χ2n) is 10.1. The average Bonchev–Trinajstić information content (AvgIpc) is 3.58. The molecule has 2 aliphatic carbocycles. The molecule has 4 aromatic heterocycles. The maximum absolute atomic E-state index is 12.6. The van der Waals surface area contributed by atoms with Gasteiger partial charge in [-0.25, -0.2) is 19.9 Å². The van der Waals surface area contributed by atoms with Crippen LogP contribution in [0.2, 0.25) is 0 Å². The van der Waals surface area contributed by atoms with E-state index in [2.05, 4.69) is 67.1 Å². The fraction of sp³-hybridized carbons (Fsp3) is 0.407. The van der Waals surface area contributed by atoms with Crippen molar-refractivity contribution >= 4 is 43.7 Å². The Labute approximate surface area is 254 Å². The number of aromatic amines is 1. The summed E-state index contributed by atoms with van der Waals surface area (Å²) in [5.41, 5.74) is 2.10. The van der Waals surface area contributed by atoms with Gasteiger partial charge in [-0.15, -0.1) is 5.10 Å². The first-order valence-electron chi connectivity index (χ1n) is 13.4. The highest BCUT2D eigenvalue weighted by Crippen LogP contribution is 2.28. The molecule has 0 atom stereocenters. The number of H-pyrrole nitrogens is 1. The molecule has 1 N–H and O–H groups in total. The third kappa shape index (κ3) is 7.41. The van der Waals surface area contributed by atoms with Crippen molar-refractivity contribution in [2.24, 2.45) is 7.05 Å². The molecule has 0 radical (unpaired) electrons. The van der Waals surface area contributed by atoms with Crippen LogP contribution in [0.3, 0.4) is 0 Å². The fourth-order valence-electron chi connectivity index (χ4n) is 4.62. The third-order valence-corrected chi connectivity index (χ3v) is 8.12. The van der Waals surface area contributed by atoms with E-state index in [-0.39, 0.29) is 23.7 Å². The van der Waals surface area contributed by atoms with E-state index in [9.17, 15) is 9.59 Å². The second kappa shape index (κ2) is 13.4. The molecule has 2 saturated carbocycles. The van der Waals surface area contributed by atoms with Crippen molar-refractivity contribution in [2.75, 3.05) is 0 Å². The molecule has 0 aliphatic heterocycles. The summed E-state index contributed by atoms with van der Waals surface area (Å²) in [4.78, 5) is 45.1. The van der Waals surface area contributed by atoms with Crippen molar-refractivity contribution in [3.8, 4) is 0 Å². The number of aryl methyl sites for hydroxylation is 1. The van der Waals surface area contributed by atoms with Crippen LogP contribution in [0.4, 0.5) is 0 Å². The molecule has 41 heavy (non-hydrogen) atoms. The second-order valence-corrected chi connectivity index (χ2v) is 11.7. The van der Waals surface area contributed by atoms with Crippen molar-refractivity contribution in [3.05, 3.63) is 81.3 Å². The van der Waals surface area contributed by atoms with Gasteiger partial charge in [0.05, 0.1) is 0 Å². The molecule has 14 heteroatoms. The first-order valence-corrected chi connectivity index (χ1v) is 15.0. The number of carbonyl (C=O) groups excluding carboxylic acids is 2. The van der Waals surface area contributed by atoms with E-state index < -0.39 is 0 Å². The van der Waals surface area contributed by atoms with E-state index in [0.717, 1.165) is 46.0 Å². The van der Waals surface area contributed by atoms with Crippen molar-refractivity contribution < 1.29 is 9.59 Å². The van der Waals surface area contributed by atoms with Crippen LogP contribution >= 0.6 is 31.9 Å². The van der Waals surface area contributed by atoms with Gasteiger partial charge in [-0.05, 0) is 106 Å². The SMILES string of the molecule is Cn1cnc(C(=O)N(Cc2ccnc(Br)c2)C2CCC2)n1.O=C(c1ncn[nH]1)N(Cc1ccnc(Br)c1)C1CCC1. The molecule has 6 rings (SSSR count). The number of nitrogens with zero attached hydrogens (tertiary/aromatic N) is 9. The summed E-state index contributed by atoms with van der Waals surface area (Å²) >= 11 is 6.72. The summed E-state index contributed by atoms with van der Waals surface area (Å²) in [7, 11) is 1.76. The number of hydrogen-bond donors (Lipinski definition) is 1. The van der Waals surface area contributed by atoms with Gasteiger partial charge in [-0.2, -0.15) is 5.10 Å². The Morgan fingerprint density at radius 3 is 1.85 bits per heavy atom. The van der Waals surface area contributed by atoms with E-state index in [0.29, 0.717) is 25.0 Å². The normalized spacial score (nSPS) is 14.8. The third-order valence-electron chi connectivity index (χ3n) is 7.25. The zero-order valence-electron chi connectivity index (χ0n) is 22.5. The lowest BCUT2D eigenvalue weighted by atomic mass is 9.91. The number of aromatic nitrogens is 8. The lowest BCUT2D eigenvalue weighted by Crippen LogP contribution is -2.44. The number of rotatable bonds is 8. The predicted octanol–water partition coefficient (Wildman–Crippen LogP) is 4.32. The minimum absolute atomic E-state index is 0.0971. The van der Waals surface area contributed by atoms with E-state index >= 15 is 0 Å². The van der Waals surface area contributed by atoms with Crippen LogP contribution in [0.15, 0.2) is 58.5 Å². The molecule has 214 valence electrons. The minimum Gasteiger partial charge on any atom is -0.329 e. The highest BCUT2D eigenvalue weighted by Gasteiger charge is 2.32. The van der Waals surface area contributed by atoms with Gasteiger partial charge in [0.1, 0.15) is 21.9 Å². The molecule has 0 spiro atoms. The van der Waals surface area contributed by atoms with Gasteiger partial charge in [0, 0.05) is 44.6 Å². The van der Waals surface area contributed by atoms with Gasteiger partial charge >= 0.3 is 0 Å². The average molecular weight is 686 g/mol. The topological polar surface area (TPSA) is 139 Å². The molecule has 0 aromatic carbocycles. The van der Waals surface area contributed by atoms with Gasteiger partial charge < -0.3 is 9.80 Å². The van der Waals surface area contributed by atoms with Gasteiger partial charge in [-0.1, -0.05) is 0 Å². The molecular weight excluding hydrogens is 656 g/mol. The van der Waals surface area contributed by atoms with Crippen molar-refractivity contribution in [1.82, 2.24) is 49.7 Å². The van der Waals surface area contributed by atoms with Crippen LogP contribution in [0.25, 0.3) is 0 Å². The summed E-state index contributed by atoms with van der Waals surface area (Å²) in [6.07, 6.45) is 12.9. The summed E-state index contributed by atoms with van der Waals surface area (Å²) in [6.45, 7) is 1.12. The highest BCUT2D eigenvalue weighted by atomic mass is 79.9. The van der Waals surface area contributed by atoms with Gasteiger partial charge in [0.25, 0.3) is 11.8 Å². The maximum atomic E-state index is 12.6. The van der Waals surface area contributed by atoms with Gasteiger partial charge in [0.15, 0.2) is 0 Å². The van der Waals surface area contributed by atoms with Crippen LogP contribution < -0.4 is 0 Å². The summed E-state index contributed by atoms with van der Waals surface area (Å²) in [6, 6.07) is 8.29. The van der Waals surface area contributed by atoms with E-state index in [1.54, 1.807) is 30.5 Å². The molecule has 2 aliphatic rings. The minimum atomic E-state index is -0.103. The van der Waals surface area contributed by atoms with Crippen LogP contribution in [0.1, 0.15) is 70.9 Å². The van der Waals surface area contributed by atoms with Crippen molar-refractivity contribution in [2.45, 2.75) is 63.7 Å². The summed E-state index contributed by atoms with van der Waals surface area (Å²) in [5.74, 6) is 0.357. The molecule has 4 aromatic rings. The number of carbonyl (C=O) groups is 2. The molecule has 2 fully saturated rings. The molecule has 0 bridgehead atoms. The van der Waals surface area contributed by atoms with Crippen LogP contribution in [0, 0.1) is 0 Å². The highest BCUT2D eigenvalue weighted by molar-refractivity contribution is 9.10. The lowest BCUT2D eigenvalue weighted by molar-refractivity contribution is 0.0537. The number of halogens is 2. The molecule has 4 heterocycles.